The number of aromatic amines is 1. The molecule has 2 aromatic rings. The number of aromatic nitrogens is 1. The first-order valence-corrected chi connectivity index (χ1v) is 18.9. The molecule has 0 radical (unpaired) electrons. The predicted molar refractivity (Wildman–Crippen MR) is 208 cm³/mol. The minimum absolute atomic E-state index is 0.0303. The number of carboxylic acids is 2. The van der Waals surface area contributed by atoms with E-state index in [9.17, 15) is 48.9 Å². The zero-order chi connectivity index (χ0) is 42.4. The highest BCUT2D eigenvalue weighted by Crippen LogP contribution is 2.22. The standard InChI is InChI=1S/C37H56N10O10/c1-19(2)16-27(36(56)57)45-32(52)25(12-13-29(49)50)43-34(54)28-11-7-15-47(28)35(55)30(20(3)48)46-33(53)26(17-21-18-42-24-10-5-4-8-22(21)24)44-31(51)23(38)9-6-14-41-37(39)40/h4-5,8,10,18-20,23,25-28,30,42,48H,6-7,9,11-17,38H2,1-3H3,(H,43,54)(H,44,51)(H,45,52)(H,46,53)(H,49,50)(H,56,57)(H4,39,40,41)/t20-,23+,25+,26+,27+,28+,30+/m1/s1. The molecule has 7 atom stereocenters. The van der Waals surface area contributed by atoms with E-state index in [0.29, 0.717) is 18.4 Å². The number of benzene rings is 1. The minimum Gasteiger partial charge on any atom is -0.481 e. The Hall–Kier alpha value is -5.76. The second-order valence-electron chi connectivity index (χ2n) is 14.6. The molecule has 0 aliphatic carbocycles. The number of guanidine groups is 1. The average molecular weight is 801 g/mol. The molecule has 0 spiro atoms. The van der Waals surface area contributed by atoms with Crippen molar-refractivity contribution in [3.05, 3.63) is 36.0 Å². The van der Waals surface area contributed by atoms with Gasteiger partial charge in [-0.1, -0.05) is 32.0 Å². The van der Waals surface area contributed by atoms with Crippen molar-refractivity contribution >= 4 is 58.3 Å². The maximum atomic E-state index is 14.0. The SMILES string of the molecule is CC(C)C[C@H](NC(=O)[C@H](CCC(=O)O)NC(=O)[C@@H]1CCCN1C(=O)[C@@H](NC(=O)[C@H](Cc1c[nH]c2ccccc12)NC(=O)[C@@H](N)CCCN=C(N)N)[C@@H](C)O)C(=O)O. The van der Waals surface area contributed by atoms with Gasteiger partial charge in [0, 0.05) is 43.0 Å². The molecular formula is C37H56N10O10. The normalized spacial score (nSPS) is 17.1. The van der Waals surface area contributed by atoms with Crippen LogP contribution in [0.5, 0.6) is 0 Å². The van der Waals surface area contributed by atoms with Crippen LogP contribution in [0.15, 0.2) is 35.5 Å². The summed E-state index contributed by atoms with van der Waals surface area (Å²) in [5.41, 5.74) is 18.3. The molecule has 20 nitrogen and oxygen atoms in total. The van der Waals surface area contributed by atoms with E-state index in [2.05, 4.69) is 31.2 Å². The fraction of sp³-hybridized carbons (Fsp3) is 0.568. The molecule has 0 unspecified atom stereocenters. The highest BCUT2D eigenvalue weighted by molar-refractivity contribution is 5.97. The maximum Gasteiger partial charge on any atom is 0.326 e. The Morgan fingerprint density at radius 1 is 0.912 bits per heavy atom. The summed E-state index contributed by atoms with van der Waals surface area (Å²) >= 11 is 0. The van der Waals surface area contributed by atoms with Crippen molar-refractivity contribution in [1.82, 2.24) is 31.2 Å². The Labute approximate surface area is 329 Å². The number of nitrogens with one attached hydrogen (secondary N) is 5. The van der Waals surface area contributed by atoms with Gasteiger partial charge in [-0.25, -0.2) is 4.79 Å². The van der Waals surface area contributed by atoms with Gasteiger partial charge < -0.3 is 63.7 Å². The Bertz CT molecular complexity index is 1780. The lowest BCUT2D eigenvalue weighted by molar-refractivity contribution is -0.145. The van der Waals surface area contributed by atoms with Crippen LogP contribution in [-0.4, -0.2) is 128 Å². The van der Waals surface area contributed by atoms with E-state index >= 15 is 0 Å². The van der Waals surface area contributed by atoms with Crippen LogP contribution >= 0.6 is 0 Å². The lowest BCUT2D eigenvalue weighted by atomic mass is 10.0. The summed E-state index contributed by atoms with van der Waals surface area (Å²) in [4.78, 5) is 99.4. The number of hydrogen-bond acceptors (Lipinski definition) is 10. The summed E-state index contributed by atoms with van der Waals surface area (Å²) in [6.07, 6.45) is 0.414. The predicted octanol–water partition coefficient (Wildman–Crippen LogP) is -1.60. The van der Waals surface area contributed by atoms with E-state index in [4.69, 9.17) is 17.2 Å². The second-order valence-corrected chi connectivity index (χ2v) is 14.6. The van der Waals surface area contributed by atoms with Gasteiger partial charge in [-0.3, -0.25) is 33.8 Å². The van der Waals surface area contributed by atoms with Gasteiger partial charge in [-0.2, -0.15) is 0 Å². The quantitative estimate of drug-likeness (QED) is 0.0364. The number of rotatable bonds is 22. The van der Waals surface area contributed by atoms with Crippen molar-refractivity contribution < 1.29 is 48.9 Å². The number of nitrogens with zero attached hydrogens (tertiary/aromatic N) is 2. The number of aliphatic hydroxyl groups excluding tert-OH is 1. The summed E-state index contributed by atoms with van der Waals surface area (Å²) in [6.45, 7) is 5.07. The number of H-pyrrole nitrogens is 1. The Balaban J connectivity index is 1.81. The first-order chi connectivity index (χ1) is 26.9. The number of fused-ring (bicyclic) bond motifs is 1. The largest absolute Gasteiger partial charge is 0.481 e. The van der Waals surface area contributed by atoms with Crippen molar-refractivity contribution in [1.29, 1.82) is 0 Å². The summed E-state index contributed by atoms with van der Waals surface area (Å²) < 4.78 is 0. The zero-order valence-electron chi connectivity index (χ0n) is 32.4. The van der Waals surface area contributed by atoms with Crippen LogP contribution in [0.25, 0.3) is 10.9 Å². The Kier molecular flexibility index (Phi) is 17.2. The number of aliphatic imine (C=N–C) groups is 1. The van der Waals surface area contributed by atoms with E-state index in [0.717, 1.165) is 15.8 Å². The average Bonchev–Trinajstić information content (AvgIpc) is 3.80. The van der Waals surface area contributed by atoms with Gasteiger partial charge in [0.1, 0.15) is 30.2 Å². The molecule has 57 heavy (non-hydrogen) atoms. The highest BCUT2D eigenvalue weighted by atomic mass is 16.4. The molecule has 1 aliphatic heterocycles. The smallest absolute Gasteiger partial charge is 0.326 e. The summed E-state index contributed by atoms with van der Waals surface area (Å²) in [5, 5.41) is 40.6. The molecule has 1 aromatic carbocycles. The van der Waals surface area contributed by atoms with E-state index < -0.39 is 90.3 Å². The summed E-state index contributed by atoms with van der Waals surface area (Å²) in [6, 6.07) is -0.505. The van der Waals surface area contributed by atoms with E-state index in [1.807, 2.05) is 24.3 Å². The van der Waals surface area contributed by atoms with Crippen molar-refractivity contribution in [2.24, 2.45) is 28.1 Å². The second kappa shape index (κ2) is 21.5. The third-order valence-electron chi connectivity index (χ3n) is 9.52. The molecule has 1 aliphatic rings. The van der Waals surface area contributed by atoms with E-state index in [-0.39, 0.29) is 57.1 Å². The van der Waals surface area contributed by atoms with Crippen LogP contribution in [0.1, 0.15) is 71.3 Å². The fourth-order valence-electron chi connectivity index (χ4n) is 6.55. The lowest BCUT2D eigenvalue weighted by Gasteiger charge is -2.32. The van der Waals surface area contributed by atoms with Gasteiger partial charge in [0.15, 0.2) is 5.96 Å². The summed E-state index contributed by atoms with van der Waals surface area (Å²) in [5.74, 6) is -6.78. The first kappa shape index (κ1) is 45.6. The molecule has 0 saturated carbocycles. The molecule has 1 fully saturated rings. The van der Waals surface area contributed by atoms with Crippen molar-refractivity contribution in [3.8, 4) is 0 Å². The topological polar surface area (TPSA) is 338 Å². The monoisotopic (exact) mass is 800 g/mol. The number of nitrogens with two attached hydrogens (primary N) is 3. The number of likely N-dealkylation sites (tertiary alicyclic amines) is 1. The van der Waals surface area contributed by atoms with Gasteiger partial charge in [0.05, 0.1) is 12.1 Å². The van der Waals surface area contributed by atoms with Gasteiger partial charge in [-0.15, -0.1) is 0 Å². The van der Waals surface area contributed by atoms with Gasteiger partial charge in [-0.05, 0) is 63.0 Å². The molecule has 20 heteroatoms. The number of aliphatic hydroxyl groups is 1. The van der Waals surface area contributed by atoms with Crippen LogP contribution < -0.4 is 38.5 Å². The molecule has 1 aromatic heterocycles. The van der Waals surface area contributed by atoms with Crippen LogP contribution in [0.4, 0.5) is 0 Å². The number of carbonyl (C=O) groups excluding carboxylic acids is 5. The lowest BCUT2D eigenvalue weighted by Crippen LogP contribution is -2.61. The molecule has 2 heterocycles. The van der Waals surface area contributed by atoms with Crippen molar-refractivity contribution in [2.75, 3.05) is 13.1 Å². The van der Waals surface area contributed by atoms with Crippen molar-refractivity contribution in [3.63, 3.8) is 0 Å². The van der Waals surface area contributed by atoms with Gasteiger partial charge in [0.2, 0.25) is 29.5 Å². The molecule has 314 valence electrons. The number of hydrogen-bond donors (Lipinski definition) is 11. The number of carboxylic acid groups (broad SMARTS) is 2. The molecule has 0 bridgehead atoms. The number of para-hydroxylation sites is 1. The Morgan fingerprint density at radius 3 is 2.21 bits per heavy atom. The van der Waals surface area contributed by atoms with Crippen LogP contribution in [0, 0.1) is 5.92 Å². The van der Waals surface area contributed by atoms with Crippen LogP contribution in [0.2, 0.25) is 0 Å². The molecule has 3 rings (SSSR count). The minimum atomic E-state index is -1.58. The fourth-order valence-corrected chi connectivity index (χ4v) is 6.55. The highest BCUT2D eigenvalue weighted by Gasteiger charge is 2.41. The van der Waals surface area contributed by atoms with Crippen LogP contribution in [-0.2, 0) is 40.0 Å². The Morgan fingerprint density at radius 2 is 1.58 bits per heavy atom. The number of aliphatic carboxylic acids is 2. The molecule has 14 N–H and O–H groups in total. The summed E-state index contributed by atoms with van der Waals surface area (Å²) in [7, 11) is 0. The van der Waals surface area contributed by atoms with Crippen molar-refractivity contribution in [2.45, 2.75) is 114 Å². The third kappa shape index (κ3) is 13.7. The maximum absolute atomic E-state index is 14.0. The van der Waals surface area contributed by atoms with Gasteiger partial charge >= 0.3 is 11.9 Å². The molecule has 5 amide bonds. The first-order valence-electron chi connectivity index (χ1n) is 18.9. The number of amides is 5. The third-order valence-corrected chi connectivity index (χ3v) is 9.52. The van der Waals surface area contributed by atoms with E-state index in [1.54, 1.807) is 20.0 Å². The molecule has 1 saturated heterocycles. The van der Waals surface area contributed by atoms with Gasteiger partial charge in [0.25, 0.3) is 0 Å². The zero-order valence-corrected chi connectivity index (χ0v) is 32.4. The molecular weight excluding hydrogens is 744 g/mol. The van der Waals surface area contributed by atoms with E-state index in [1.165, 1.54) is 6.92 Å². The van der Waals surface area contributed by atoms with Crippen LogP contribution in [0.3, 0.4) is 0 Å². The number of carbonyl (C=O) groups is 7.